The molecule has 0 aliphatic heterocycles. The summed E-state index contributed by atoms with van der Waals surface area (Å²) in [5.74, 6) is 0.215. The average molecular weight is 391 g/mol. The van der Waals surface area contributed by atoms with Crippen LogP contribution in [0.25, 0.3) is 0 Å². The van der Waals surface area contributed by atoms with Crippen LogP contribution < -0.4 is 19.3 Å². The van der Waals surface area contributed by atoms with E-state index >= 15 is 0 Å². The Balaban J connectivity index is 2.12. The van der Waals surface area contributed by atoms with Gasteiger partial charge in [-0.2, -0.15) is 0 Å². The van der Waals surface area contributed by atoms with Crippen molar-refractivity contribution in [3.8, 4) is 5.75 Å². The molecular weight excluding hydrogens is 366 g/mol. The van der Waals surface area contributed by atoms with Crippen LogP contribution in [-0.2, 0) is 14.8 Å². The Morgan fingerprint density at radius 3 is 2.04 bits per heavy atom. The molecule has 0 heterocycles. The summed E-state index contributed by atoms with van der Waals surface area (Å²) in [6.45, 7) is 2.07. The molecule has 2 aromatic carbocycles. The second-order valence-electron chi connectivity index (χ2n) is 6.19. The van der Waals surface area contributed by atoms with Crippen molar-refractivity contribution in [2.24, 2.45) is 0 Å². The van der Waals surface area contributed by atoms with Crippen LogP contribution in [0.15, 0.2) is 48.5 Å². The number of sulfonamides is 1. The van der Waals surface area contributed by atoms with E-state index < -0.39 is 15.9 Å². The largest absolute Gasteiger partial charge is 0.494 e. The summed E-state index contributed by atoms with van der Waals surface area (Å²) >= 11 is 0. The lowest BCUT2D eigenvalue weighted by Crippen LogP contribution is -2.37. The molecule has 0 bridgehead atoms. The molecule has 1 amide bonds. The topological polar surface area (TPSA) is 79.0 Å². The molecule has 0 aromatic heterocycles. The van der Waals surface area contributed by atoms with Crippen molar-refractivity contribution in [3.63, 3.8) is 0 Å². The van der Waals surface area contributed by atoms with Crippen molar-refractivity contribution in [3.05, 3.63) is 48.5 Å². The minimum Gasteiger partial charge on any atom is -0.494 e. The van der Waals surface area contributed by atoms with E-state index in [0.717, 1.165) is 16.2 Å². The molecule has 0 spiro atoms. The van der Waals surface area contributed by atoms with E-state index in [-0.39, 0.29) is 6.54 Å². The van der Waals surface area contributed by atoms with Gasteiger partial charge in [-0.3, -0.25) is 9.10 Å². The summed E-state index contributed by atoms with van der Waals surface area (Å²) in [4.78, 5) is 14.3. The Kier molecular flexibility index (Phi) is 6.68. The number of carbonyl (C=O) groups is 1. The number of hydrogen-bond acceptors (Lipinski definition) is 5. The highest BCUT2D eigenvalue weighted by molar-refractivity contribution is 7.92. The molecule has 0 aliphatic rings. The van der Waals surface area contributed by atoms with Gasteiger partial charge in [0.2, 0.25) is 15.9 Å². The summed E-state index contributed by atoms with van der Waals surface area (Å²) in [6.07, 6.45) is 1.07. The number of nitrogens with one attached hydrogen (secondary N) is 1. The second kappa shape index (κ2) is 8.77. The highest BCUT2D eigenvalue weighted by Gasteiger charge is 2.21. The molecule has 0 saturated carbocycles. The SMILES string of the molecule is CCOc1ccc(N(CC(=O)Nc2ccc(N(C)C)cc2)S(C)(=O)=O)cc1. The van der Waals surface area contributed by atoms with Crippen LogP contribution >= 0.6 is 0 Å². The highest BCUT2D eigenvalue weighted by Crippen LogP contribution is 2.22. The standard InChI is InChI=1S/C19H25N3O4S/c1-5-26-18-12-10-17(11-13-18)22(27(4,24)25)14-19(23)20-15-6-8-16(9-7-15)21(2)3/h6-13H,5,14H2,1-4H3,(H,20,23). The van der Waals surface area contributed by atoms with Gasteiger partial charge >= 0.3 is 0 Å². The first-order chi connectivity index (χ1) is 12.7. The quantitative estimate of drug-likeness (QED) is 0.748. The number of nitrogens with zero attached hydrogens (tertiary/aromatic N) is 2. The van der Waals surface area contributed by atoms with E-state index in [1.807, 2.05) is 38.1 Å². The first-order valence-corrected chi connectivity index (χ1v) is 10.3. The summed E-state index contributed by atoms with van der Waals surface area (Å²) in [5, 5.41) is 2.72. The third-order valence-electron chi connectivity index (χ3n) is 3.79. The van der Waals surface area contributed by atoms with Crippen molar-refractivity contribution in [1.29, 1.82) is 0 Å². The van der Waals surface area contributed by atoms with Crippen LogP contribution in [0.5, 0.6) is 5.75 Å². The molecular formula is C19H25N3O4S. The molecule has 1 N–H and O–H groups in total. The number of carbonyl (C=O) groups excluding carboxylic acids is 1. The smallest absolute Gasteiger partial charge is 0.245 e. The number of benzene rings is 2. The lowest BCUT2D eigenvalue weighted by Gasteiger charge is -2.22. The number of amides is 1. The first-order valence-electron chi connectivity index (χ1n) is 8.48. The fourth-order valence-electron chi connectivity index (χ4n) is 2.45. The fraction of sp³-hybridized carbons (Fsp3) is 0.316. The van der Waals surface area contributed by atoms with Crippen molar-refractivity contribution in [2.45, 2.75) is 6.92 Å². The van der Waals surface area contributed by atoms with Gasteiger partial charge in [0.15, 0.2) is 0 Å². The van der Waals surface area contributed by atoms with E-state index in [1.54, 1.807) is 36.4 Å². The summed E-state index contributed by atoms with van der Waals surface area (Å²) in [7, 11) is 0.227. The van der Waals surface area contributed by atoms with E-state index in [2.05, 4.69) is 5.32 Å². The van der Waals surface area contributed by atoms with Gasteiger partial charge in [-0.1, -0.05) is 0 Å². The Hall–Kier alpha value is -2.74. The second-order valence-corrected chi connectivity index (χ2v) is 8.09. The van der Waals surface area contributed by atoms with Gasteiger partial charge < -0.3 is 15.0 Å². The number of rotatable bonds is 8. The van der Waals surface area contributed by atoms with Gasteiger partial charge in [-0.05, 0) is 55.5 Å². The minimum absolute atomic E-state index is 0.317. The molecule has 0 atom stereocenters. The Morgan fingerprint density at radius 2 is 1.56 bits per heavy atom. The van der Waals surface area contributed by atoms with Gasteiger partial charge in [0.1, 0.15) is 12.3 Å². The van der Waals surface area contributed by atoms with Crippen molar-refractivity contribution in [1.82, 2.24) is 0 Å². The third-order valence-corrected chi connectivity index (χ3v) is 4.93. The molecule has 7 nitrogen and oxygen atoms in total. The molecule has 146 valence electrons. The van der Waals surface area contributed by atoms with Crippen LogP contribution in [0.1, 0.15) is 6.92 Å². The normalized spacial score (nSPS) is 11.0. The third kappa shape index (κ3) is 5.89. The fourth-order valence-corrected chi connectivity index (χ4v) is 3.31. The van der Waals surface area contributed by atoms with Crippen molar-refractivity contribution < 1.29 is 17.9 Å². The van der Waals surface area contributed by atoms with Crippen LogP contribution in [-0.4, -0.2) is 47.8 Å². The Bertz CT molecular complexity index is 863. The first kappa shape index (κ1) is 20.6. The van der Waals surface area contributed by atoms with Gasteiger partial charge in [0, 0.05) is 25.5 Å². The maximum absolute atomic E-state index is 12.4. The minimum atomic E-state index is -3.62. The highest BCUT2D eigenvalue weighted by atomic mass is 32.2. The predicted molar refractivity (Wildman–Crippen MR) is 109 cm³/mol. The van der Waals surface area contributed by atoms with Crippen LogP contribution in [0.3, 0.4) is 0 Å². The molecule has 27 heavy (non-hydrogen) atoms. The zero-order valence-corrected chi connectivity index (χ0v) is 16.8. The van der Waals surface area contributed by atoms with E-state index in [1.165, 1.54) is 0 Å². The van der Waals surface area contributed by atoms with E-state index in [0.29, 0.717) is 23.7 Å². The molecule has 0 unspecified atom stereocenters. The van der Waals surface area contributed by atoms with Gasteiger partial charge in [-0.25, -0.2) is 8.42 Å². The molecule has 8 heteroatoms. The van der Waals surface area contributed by atoms with Crippen molar-refractivity contribution in [2.75, 3.05) is 48.0 Å². The number of anilines is 3. The maximum atomic E-state index is 12.4. The van der Waals surface area contributed by atoms with Gasteiger partial charge in [-0.15, -0.1) is 0 Å². The van der Waals surface area contributed by atoms with Crippen LogP contribution in [0, 0.1) is 0 Å². The maximum Gasteiger partial charge on any atom is 0.245 e. The summed E-state index contributed by atoms with van der Waals surface area (Å²) < 4.78 is 30.7. The van der Waals surface area contributed by atoms with Gasteiger partial charge in [0.05, 0.1) is 18.6 Å². The monoisotopic (exact) mass is 391 g/mol. The van der Waals surface area contributed by atoms with E-state index in [9.17, 15) is 13.2 Å². The number of ether oxygens (including phenoxy) is 1. The Morgan fingerprint density at radius 1 is 1.00 bits per heavy atom. The van der Waals surface area contributed by atoms with Crippen LogP contribution in [0.2, 0.25) is 0 Å². The van der Waals surface area contributed by atoms with E-state index in [4.69, 9.17) is 4.74 Å². The van der Waals surface area contributed by atoms with Gasteiger partial charge in [0.25, 0.3) is 0 Å². The van der Waals surface area contributed by atoms with Crippen LogP contribution in [0.4, 0.5) is 17.1 Å². The Labute approximate surface area is 160 Å². The molecule has 0 saturated heterocycles. The number of hydrogen-bond donors (Lipinski definition) is 1. The average Bonchev–Trinajstić information content (AvgIpc) is 2.60. The predicted octanol–water partition coefficient (Wildman–Crippen LogP) is 2.56. The molecule has 0 fully saturated rings. The molecule has 0 radical (unpaired) electrons. The lowest BCUT2D eigenvalue weighted by molar-refractivity contribution is -0.114. The van der Waals surface area contributed by atoms with Crippen molar-refractivity contribution >= 4 is 33.0 Å². The molecule has 2 rings (SSSR count). The summed E-state index contributed by atoms with van der Waals surface area (Å²) in [6, 6.07) is 13.9. The summed E-state index contributed by atoms with van der Waals surface area (Å²) in [5.41, 5.74) is 2.00. The zero-order valence-electron chi connectivity index (χ0n) is 16.0. The lowest BCUT2D eigenvalue weighted by atomic mass is 10.2. The molecule has 2 aromatic rings. The molecule has 0 aliphatic carbocycles. The zero-order chi connectivity index (χ0) is 20.0.